The Morgan fingerprint density at radius 3 is 2.67 bits per heavy atom. The highest BCUT2D eigenvalue weighted by atomic mass is 16.3. The summed E-state index contributed by atoms with van der Waals surface area (Å²) in [6.07, 6.45) is -0.458. The molecule has 3 atom stereocenters. The lowest BCUT2D eigenvalue weighted by atomic mass is 9.88. The normalized spacial score (nSPS) is 37.2. The monoisotopic (exact) mass is 171 g/mol. The SMILES string of the molecule is CCN1C[C@@H](C)[C@@H](O)[C@@H](C)C1=O. The standard InChI is InChI=1S/C9H17NO2/c1-4-10-5-6(2)8(11)7(3)9(10)12/h6-8,11H,4-5H2,1-3H3/t6-,7-,8-/m1/s1. The molecule has 0 bridgehead atoms. The van der Waals surface area contributed by atoms with Crippen LogP contribution in [-0.2, 0) is 4.79 Å². The van der Waals surface area contributed by atoms with Crippen molar-refractivity contribution in [1.82, 2.24) is 4.90 Å². The van der Waals surface area contributed by atoms with Gasteiger partial charge < -0.3 is 10.0 Å². The second-order valence-corrected chi connectivity index (χ2v) is 3.63. The summed E-state index contributed by atoms with van der Waals surface area (Å²) < 4.78 is 0. The molecular formula is C9H17NO2. The van der Waals surface area contributed by atoms with Crippen molar-refractivity contribution in [2.75, 3.05) is 13.1 Å². The molecule has 0 aromatic rings. The molecule has 70 valence electrons. The Labute approximate surface area is 73.4 Å². The average Bonchev–Trinajstić information content (AvgIpc) is 2.08. The fourth-order valence-corrected chi connectivity index (χ4v) is 1.76. The predicted octanol–water partition coefficient (Wildman–Crippen LogP) is 0.482. The van der Waals surface area contributed by atoms with Crippen LogP contribution in [0, 0.1) is 11.8 Å². The van der Waals surface area contributed by atoms with E-state index >= 15 is 0 Å². The zero-order valence-corrected chi connectivity index (χ0v) is 7.95. The van der Waals surface area contributed by atoms with Gasteiger partial charge in [0.1, 0.15) is 0 Å². The van der Waals surface area contributed by atoms with Gasteiger partial charge in [0.2, 0.25) is 5.91 Å². The lowest BCUT2D eigenvalue weighted by Crippen LogP contribution is -2.51. The third kappa shape index (κ3) is 1.46. The molecule has 12 heavy (non-hydrogen) atoms. The molecule has 3 heteroatoms. The molecule has 0 radical (unpaired) electrons. The lowest BCUT2D eigenvalue weighted by molar-refractivity contribution is -0.146. The second-order valence-electron chi connectivity index (χ2n) is 3.63. The number of rotatable bonds is 1. The number of amides is 1. The van der Waals surface area contributed by atoms with Crippen molar-refractivity contribution in [3.63, 3.8) is 0 Å². The smallest absolute Gasteiger partial charge is 0.228 e. The Balaban J connectivity index is 2.70. The van der Waals surface area contributed by atoms with Crippen LogP contribution in [0.5, 0.6) is 0 Å². The minimum Gasteiger partial charge on any atom is -0.392 e. The number of hydrogen-bond donors (Lipinski definition) is 1. The summed E-state index contributed by atoms with van der Waals surface area (Å²) in [7, 11) is 0. The van der Waals surface area contributed by atoms with Gasteiger partial charge in [-0.2, -0.15) is 0 Å². The van der Waals surface area contributed by atoms with E-state index in [1.165, 1.54) is 0 Å². The highest BCUT2D eigenvalue weighted by Crippen LogP contribution is 2.22. The van der Waals surface area contributed by atoms with Crippen LogP contribution in [0.4, 0.5) is 0 Å². The summed E-state index contributed by atoms with van der Waals surface area (Å²) in [5.74, 6) is 0.0643. The van der Waals surface area contributed by atoms with Crippen molar-refractivity contribution in [3.05, 3.63) is 0 Å². The molecule has 3 nitrogen and oxygen atoms in total. The van der Waals surface area contributed by atoms with Gasteiger partial charge in [0, 0.05) is 19.0 Å². The van der Waals surface area contributed by atoms with Crippen molar-refractivity contribution in [2.24, 2.45) is 11.8 Å². The molecule has 1 rings (SSSR count). The zero-order valence-electron chi connectivity index (χ0n) is 7.95. The molecule has 0 unspecified atom stereocenters. The Hall–Kier alpha value is -0.570. The summed E-state index contributed by atoms with van der Waals surface area (Å²) in [6.45, 7) is 7.19. The summed E-state index contributed by atoms with van der Waals surface area (Å²) in [4.78, 5) is 13.3. The molecule has 1 N–H and O–H groups in total. The molecule has 1 heterocycles. The van der Waals surface area contributed by atoms with Crippen LogP contribution in [0.1, 0.15) is 20.8 Å². The minimum absolute atomic E-state index is 0.0862. The predicted molar refractivity (Wildman–Crippen MR) is 46.6 cm³/mol. The van der Waals surface area contributed by atoms with Gasteiger partial charge in [0.25, 0.3) is 0 Å². The van der Waals surface area contributed by atoms with E-state index in [4.69, 9.17) is 0 Å². The number of hydrogen-bond acceptors (Lipinski definition) is 2. The van der Waals surface area contributed by atoms with Gasteiger partial charge in [-0.05, 0) is 6.92 Å². The molecule has 0 aliphatic carbocycles. The first-order valence-corrected chi connectivity index (χ1v) is 4.54. The number of carbonyl (C=O) groups is 1. The molecule has 0 aromatic carbocycles. The van der Waals surface area contributed by atoms with Crippen molar-refractivity contribution in [2.45, 2.75) is 26.9 Å². The Bertz CT molecular complexity index is 177. The second kappa shape index (κ2) is 3.44. The first-order valence-electron chi connectivity index (χ1n) is 4.54. The van der Waals surface area contributed by atoms with E-state index in [1.54, 1.807) is 6.92 Å². The molecule has 1 aliphatic heterocycles. The Kier molecular flexibility index (Phi) is 2.73. The molecule has 1 aliphatic rings. The van der Waals surface area contributed by atoms with Crippen molar-refractivity contribution in [1.29, 1.82) is 0 Å². The topological polar surface area (TPSA) is 40.5 Å². The highest BCUT2D eigenvalue weighted by Gasteiger charge is 2.35. The van der Waals surface area contributed by atoms with Crippen molar-refractivity contribution >= 4 is 5.91 Å². The molecule has 0 spiro atoms. The number of aliphatic hydroxyl groups is 1. The van der Waals surface area contributed by atoms with Gasteiger partial charge in [-0.1, -0.05) is 13.8 Å². The van der Waals surface area contributed by atoms with Gasteiger partial charge in [-0.25, -0.2) is 0 Å². The van der Waals surface area contributed by atoms with E-state index in [2.05, 4.69) is 0 Å². The van der Waals surface area contributed by atoms with Gasteiger partial charge in [0.15, 0.2) is 0 Å². The number of carbonyl (C=O) groups excluding carboxylic acids is 1. The van der Waals surface area contributed by atoms with Crippen molar-refractivity contribution in [3.8, 4) is 0 Å². The van der Waals surface area contributed by atoms with Crippen LogP contribution in [0.3, 0.4) is 0 Å². The minimum atomic E-state index is -0.458. The molecular weight excluding hydrogens is 154 g/mol. The van der Waals surface area contributed by atoms with Crippen molar-refractivity contribution < 1.29 is 9.90 Å². The third-order valence-electron chi connectivity index (χ3n) is 2.69. The lowest BCUT2D eigenvalue weighted by Gasteiger charge is -2.37. The number of likely N-dealkylation sites (tertiary alicyclic amines) is 1. The number of nitrogens with zero attached hydrogens (tertiary/aromatic N) is 1. The summed E-state index contributed by atoms with van der Waals surface area (Å²) in [6, 6.07) is 0. The number of aliphatic hydroxyl groups excluding tert-OH is 1. The van der Waals surface area contributed by atoms with Crippen LogP contribution in [-0.4, -0.2) is 35.1 Å². The Morgan fingerprint density at radius 2 is 2.17 bits per heavy atom. The van der Waals surface area contributed by atoms with Crippen LogP contribution in [0.2, 0.25) is 0 Å². The molecule has 1 amide bonds. The molecule has 0 aromatic heterocycles. The maximum atomic E-state index is 11.5. The Morgan fingerprint density at radius 1 is 1.58 bits per heavy atom. The fraction of sp³-hybridized carbons (Fsp3) is 0.889. The maximum Gasteiger partial charge on any atom is 0.228 e. The largest absolute Gasteiger partial charge is 0.392 e. The van der Waals surface area contributed by atoms with Crippen LogP contribution >= 0.6 is 0 Å². The van der Waals surface area contributed by atoms with Crippen LogP contribution < -0.4 is 0 Å². The first kappa shape index (κ1) is 9.52. The maximum absolute atomic E-state index is 11.5. The number of piperidine rings is 1. The average molecular weight is 171 g/mol. The van der Waals surface area contributed by atoms with Crippen LogP contribution in [0.25, 0.3) is 0 Å². The summed E-state index contributed by atoms with van der Waals surface area (Å²) >= 11 is 0. The van der Waals surface area contributed by atoms with Gasteiger partial charge in [-0.3, -0.25) is 4.79 Å². The van der Waals surface area contributed by atoms with Crippen LogP contribution in [0.15, 0.2) is 0 Å². The first-order chi connectivity index (χ1) is 5.57. The van der Waals surface area contributed by atoms with E-state index in [0.717, 1.165) is 6.54 Å². The zero-order chi connectivity index (χ0) is 9.30. The van der Waals surface area contributed by atoms with Gasteiger partial charge >= 0.3 is 0 Å². The third-order valence-corrected chi connectivity index (χ3v) is 2.69. The highest BCUT2D eigenvalue weighted by molar-refractivity contribution is 5.80. The summed E-state index contributed by atoms with van der Waals surface area (Å²) in [5, 5.41) is 9.58. The van der Waals surface area contributed by atoms with Gasteiger partial charge in [0.05, 0.1) is 12.0 Å². The van der Waals surface area contributed by atoms with E-state index < -0.39 is 6.10 Å². The molecule has 1 saturated heterocycles. The quantitative estimate of drug-likeness (QED) is 0.623. The van der Waals surface area contributed by atoms with E-state index in [-0.39, 0.29) is 17.7 Å². The fourth-order valence-electron chi connectivity index (χ4n) is 1.76. The summed E-state index contributed by atoms with van der Waals surface area (Å²) in [5.41, 5.74) is 0. The van der Waals surface area contributed by atoms with Gasteiger partial charge in [-0.15, -0.1) is 0 Å². The molecule has 0 saturated carbocycles. The molecule has 1 fully saturated rings. The van der Waals surface area contributed by atoms with E-state index in [0.29, 0.717) is 6.54 Å². The van der Waals surface area contributed by atoms with E-state index in [9.17, 15) is 9.90 Å². The van der Waals surface area contributed by atoms with E-state index in [1.807, 2.05) is 18.7 Å².